The van der Waals surface area contributed by atoms with Gasteiger partial charge in [-0.25, -0.2) is 4.79 Å². The summed E-state index contributed by atoms with van der Waals surface area (Å²) in [6, 6.07) is 15.1. The molecule has 2 rings (SSSR count). The number of hydrogen-bond acceptors (Lipinski definition) is 3. The molecule has 0 aliphatic rings. The van der Waals surface area contributed by atoms with E-state index in [-0.39, 0.29) is 11.4 Å². The van der Waals surface area contributed by atoms with Gasteiger partial charge >= 0.3 is 6.03 Å². The van der Waals surface area contributed by atoms with Crippen LogP contribution in [0, 0.1) is 0 Å². The number of benzene rings is 2. The van der Waals surface area contributed by atoms with E-state index in [1.807, 2.05) is 55.5 Å². The van der Waals surface area contributed by atoms with Crippen LogP contribution in [-0.4, -0.2) is 25.8 Å². The molecule has 0 spiro atoms. The minimum atomic E-state index is -0.246. The first-order chi connectivity index (χ1) is 12.4. The fraction of sp³-hybridized carbons (Fsp3) is 0.381. The quantitative estimate of drug-likeness (QED) is 0.714. The van der Waals surface area contributed by atoms with Crippen LogP contribution in [0.15, 0.2) is 48.5 Å². The minimum absolute atomic E-state index is 0.0962. The molecule has 2 amide bonds. The van der Waals surface area contributed by atoms with Gasteiger partial charge in [0.2, 0.25) is 0 Å². The number of nitrogens with one attached hydrogen (secondary N) is 2. The number of rotatable bonds is 7. The van der Waals surface area contributed by atoms with Crippen LogP contribution in [0.25, 0.3) is 0 Å². The maximum atomic E-state index is 11.9. The molecule has 0 radical (unpaired) electrons. The van der Waals surface area contributed by atoms with E-state index in [0.29, 0.717) is 19.8 Å². The summed E-state index contributed by atoms with van der Waals surface area (Å²) in [7, 11) is 0. The monoisotopic (exact) mass is 356 g/mol. The zero-order valence-electron chi connectivity index (χ0n) is 16.0. The molecule has 0 aliphatic carbocycles. The Morgan fingerprint density at radius 1 is 0.923 bits per heavy atom. The molecule has 0 aromatic heterocycles. The molecule has 0 saturated heterocycles. The average molecular weight is 356 g/mol. The smallest absolute Gasteiger partial charge is 0.319 e. The molecule has 0 aliphatic heterocycles. The van der Waals surface area contributed by atoms with E-state index in [2.05, 4.69) is 31.4 Å². The average Bonchev–Trinajstić information content (AvgIpc) is 2.60. The van der Waals surface area contributed by atoms with Gasteiger partial charge in [0, 0.05) is 5.69 Å². The molecule has 2 aromatic rings. The Bertz CT molecular complexity index is 689. The van der Waals surface area contributed by atoms with E-state index in [4.69, 9.17) is 9.47 Å². The Hall–Kier alpha value is -2.69. The van der Waals surface area contributed by atoms with Crippen molar-refractivity contribution in [3.05, 3.63) is 54.1 Å². The lowest BCUT2D eigenvalue weighted by Crippen LogP contribution is -2.32. The lowest BCUT2D eigenvalue weighted by molar-refractivity contribution is 0.247. The van der Waals surface area contributed by atoms with E-state index in [9.17, 15) is 4.79 Å². The number of ether oxygens (including phenoxy) is 2. The maximum absolute atomic E-state index is 11.9. The van der Waals surface area contributed by atoms with Gasteiger partial charge in [-0.15, -0.1) is 0 Å². The molecule has 26 heavy (non-hydrogen) atoms. The summed E-state index contributed by atoms with van der Waals surface area (Å²) in [5.74, 6) is 1.56. The van der Waals surface area contributed by atoms with Crippen molar-refractivity contribution in [3.8, 4) is 11.5 Å². The Morgan fingerprint density at radius 2 is 1.50 bits per heavy atom. The molecular formula is C21H28N2O3. The van der Waals surface area contributed by atoms with Gasteiger partial charge in [0.15, 0.2) is 0 Å². The fourth-order valence-corrected chi connectivity index (χ4v) is 2.36. The largest absolute Gasteiger partial charge is 0.494 e. The topological polar surface area (TPSA) is 59.6 Å². The zero-order chi connectivity index (χ0) is 19.0. The molecule has 0 fully saturated rings. The third kappa shape index (κ3) is 6.31. The number of carbonyl (C=O) groups is 1. The van der Waals surface area contributed by atoms with Crippen molar-refractivity contribution >= 4 is 11.7 Å². The first kappa shape index (κ1) is 19.6. The maximum Gasteiger partial charge on any atom is 0.319 e. The summed E-state index contributed by atoms with van der Waals surface area (Å²) >= 11 is 0. The molecule has 5 nitrogen and oxygen atoms in total. The van der Waals surface area contributed by atoms with Crippen LogP contribution < -0.4 is 20.1 Å². The van der Waals surface area contributed by atoms with E-state index in [1.54, 1.807) is 0 Å². The third-order valence-corrected chi connectivity index (χ3v) is 3.80. The Balaban J connectivity index is 1.70. The van der Waals surface area contributed by atoms with Crippen LogP contribution in [0.2, 0.25) is 0 Å². The number of carbonyl (C=O) groups excluding carboxylic acids is 1. The molecule has 0 saturated carbocycles. The van der Waals surface area contributed by atoms with Crippen LogP contribution in [0.1, 0.15) is 33.3 Å². The van der Waals surface area contributed by atoms with Crippen molar-refractivity contribution in [1.82, 2.24) is 5.32 Å². The first-order valence-corrected chi connectivity index (χ1v) is 8.89. The van der Waals surface area contributed by atoms with Crippen molar-refractivity contribution in [2.24, 2.45) is 0 Å². The molecule has 5 heteroatoms. The van der Waals surface area contributed by atoms with Crippen LogP contribution >= 0.6 is 0 Å². The second kappa shape index (κ2) is 9.13. The molecule has 0 bridgehead atoms. The van der Waals surface area contributed by atoms with E-state index >= 15 is 0 Å². The highest BCUT2D eigenvalue weighted by atomic mass is 16.5. The van der Waals surface area contributed by atoms with Gasteiger partial charge in [-0.2, -0.15) is 0 Å². The number of hydrogen-bond donors (Lipinski definition) is 2. The van der Waals surface area contributed by atoms with Crippen molar-refractivity contribution < 1.29 is 14.3 Å². The second-order valence-electron chi connectivity index (χ2n) is 6.96. The number of amides is 2. The standard InChI is InChI=1S/C21H28N2O3/c1-5-25-18-10-12-19(13-11-18)26-15-14-22-20(24)23-17-8-6-16(7-9-17)21(2,3)4/h6-13H,5,14-15H2,1-4H3,(H2,22,23,24). The molecular weight excluding hydrogens is 328 g/mol. The van der Waals surface area contributed by atoms with Gasteiger partial charge in [-0.1, -0.05) is 32.9 Å². The highest BCUT2D eigenvalue weighted by Gasteiger charge is 2.13. The predicted octanol–water partition coefficient (Wildman–Crippen LogP) is 4.58. The predicted molar refractivity (Wildman–Crippen MR) is 105 cm³/mol. The highest BCUT2D eigenvalue weighted by molar-refractivity contribution is 5.89. The van der Waals surface area contributed by atoms with Gasteiger partial charge in [0.05, 0.1) is 13.2 Å². The molecule has 140 valence electrons. The normalized spacial score (nSPS) is 10.9. The molecule has 0 atom stereocenters. The van der Waals surface area contributed by atoms with Crippen LogP contribution in [0.5, 0.6) is 11.5 Å². The van der Waals surface area contributed by atoms with Crippen LogP contribution in [0.3, 0.4) is 0 Å². The van der Waals surface area contributed by atoms with Crippen molar-refractivity contribution in [2.75, 3.05) is 25.1 Å². The second-order valence-corrected chi connectivity index (χ2v) is 6.96. The Morgan fingerprint density at radius 3 is 2.04 bits per heavy atom. The Labute approximate surface area is 155 Å². The van der Waals surface area contributed by atoms with E-state index < -0.39 is 0 Å². The summed E-state index contributed by atoms with van der Waals surface area (Å²) in [6.07, 6.45) is 0. The number of anilines is 1. The third-order valence-electron chi connectivity index (χ3n) is 3.80. The summed E-state index contributed by atoms with van der Waals surface area (Å²) in [5.41, 5.74) is 2.09. The van der Waals surface area contributed by atoms with Crippen LogP contribution in [0.4, 0.5) is 10.5 Å². The highest BCUT2D eigenvalue weighted by Crippen LogP contribution is 2.23. The van der Waals surface area contributed by atoms with Crippen molar-refractivity contribution in [2.45, 2.75) is 33.1 Å². The van der Waals surface area contributed by atoms with Gasteiger partial charge in [-0.05, 0) is 54.3 Å². The lowest BCUT2D eigenvalue weighted by atomic mass is 9.87. The molecule has 2 aromatic carbocycles. The van der Waals surface area contributed by atoms with Gasteiger partial charge in [0.1, 0.15) is 18.1 Å². The van der Waals surface area contributed by atoms with Gasteiger partial charge < -0.3 is 20.1 Å². The van der Waals surface area contributed by atoms with Gasteiger partial charge in [-0.3, -0.25) is 0 Å². The minimum Gasteiger partial charge on any atom is -0.494 e. The van der Waals surface area contributed by atoms with Crippen molar-refractivity contribution in [1.29, 1.82) is 0 Å². The zero-order valence-corrected chi connectivity index (χ0v) is 16.0. The van der Waals surface area contributed by atoms with Gasteiger partial charge in [0.25, 0.3) is 0 Å². The molecule has 2 N–H and O–H groups in total. The fourth-order valence-electron chi connectivity index (χ4n) is 2.36. The summed E-state index contributed by atoms with van der Waals surface area (Å²) in [6.45, 7) is 9.87. The SMILES string of the molecule is CCOc1ccc(OCCNC(=O)Nc2ccc(C(C)(C)C)cc2)cc1. The molecule has 0 heterocycles. The van der Waals surface area contributed by atoms with Crippen LogP contribution in [-0.2, 0) is 5.41 Å². The summed E-state index contributed by atoms with van der Waals surface area (Å²) in [5, 5.41) is 5.60. The molecule has 0 unspecified atom stereocenters. The van der Waals surface area contributed by atoms with E-state index in [1.165, 1.54) is 5.56 Å². The van der Waals surface area contributed by atoms with Crippen molar-refractivity contribution in [3.63, 3.8) is 0 Å². The summed E-state index contributed by atoms with van der Waals surface area (Å²) in [4.78, 5) is 11.9. The Kier molecular flexibility index (Phi) is 6.89. The number of urea groups is 1. The van der Waals surface area contributed by atoms with E-state index in [0.717, 1.165) is 17.2 Å². The summed E-state index contributed by atoms with van der Waals surface area (Å²) < 4.78 is 11.0. The lowest BCUT2D eigenvalue weighted by Gasteiger charge is -2.19. The first-order valence-electron chi connectivity index (χ1n) is 8.89.